The maximum atomic E-state index is 13.8. The number of hydrogen-bond donors (Lipinski definition) is 0. The van der Waals surface area contributed by atoms with Crippen LogP contribution in [0.25, 0.3) is 11.3 Å². The van der Waals surface area contributed by atoms with Crippen molar-refractivity contribution in [1.29, 1.82) is 0 Å². The Labute approximate surface area is 131 Å². The number of halogens is 1. The number of nitrogens with zero attached hydrogens (tertiary/aromatic N) is 3. The van der Waals surface area contributed by atoms with Gasteiger partial charge in [-0.3, -0.25) is 0 Å². The topological polar surface area (TPSA) is 68.5 Å². The SMILES string of the molecule is CN(C)C(=S)Oc1ccc(-c2ccccc2F)nc1[N+](=O)[O-]. The predicted octanol–water partition coefficient (Wildman–Crippen LogP) is 3.02. The molecule has 0 N–H and O–H groups in total. The Bertz CT molecular complexity index is 737. The average molecular weight is 321 g/mol. The molecule has 0 saturated heterocycles. The van der Waals surface area contributed by atoms with Crippen LogP contribution in [-0.2, 0) is 0 Å². The summed E-state index contributed by atoms with van der Waals surface area (Å²) in [4.78, 5) is 15.8. The van der Waals surface area contributed by atoms with Gasteiger partial charge in [-0.1, -0.05) is 12.1 Å². The normalized spacial score (nSPS) is 10.1. The van der Waals surface area contributed by atoms with Gasteiger partial charge in [0.15, 0.2) is 5.69 Å². The van der Waals surface area contributed by atoms with Crippen LogP contribution in [0.5, 0.6) is 5.75 Å². The van der Waals surface area contributed by atoms with Gasteiger partial charge < -0.3 is 19.8 Å². The van der Waals surface area contributed by atoms with Gasteiger partial charge in [0.25, 0.3) is 5.17 Å². The number of rotatable bonds is 3. The monoisotopic (exact) mass is 321 g/mol. The molecule has 6 nitrogen and oxygen atoms in total. The van der Waals surface area contributed by atoms with Gasteiger partial charge in [0.1, 0.15) is 5.82 Å². The molecule has 1 aromatic heterocycles. The predicted molar refractivity (Wildman–Crippen MR) is 83.2 cm³/mol. The van der Waals surface area contributed by atoms with E-state index in [0.717, 1.165) is 0 Å². The lowest BCUT2D eigenvalue weighted by atomic mass is 10.1. The lowest BCUT2D eigenvalue weighted by molar-refractivity contribution is -0.390. The van der Waals surface area contributed by atoms with Gasteiger partial charge in [0.05, 0.1) is 5.56 Å². The van der Waals surface area contributed by atoms with E-state index in [2.05, 4.69) is 4.98 Å². The summed E-state index contributed by atoms with van der Waals surface area (Å²) in [5.41, 5.74) is 0.320. The Morgan fingerprint density at radius 1 is 1.32 bits per heavy atom. The van der Waals surface area contributed by atoms with Crippen LogP contribution in [-0.4, -0.2) is 34.1 Å². The largest absolute Gasteiger partial charge is 0.423 e. The Morgan fingerprint density at radius 3 is 2.59 bits per heavy atom. The van der Waals surface area contributed by atoms with E-state index in [1.165, 1.54) is 35.2 Å². The first kappa shape index (κ1) is 15.8. The highest BCUT2D eigenvalue weighted by Gasteiger charge is 2.22. The fourth-order valence-electron chi connectivity index (χ4n) is 1.65. The molecule has 0 radical (unpaired) electrons. The molecule has 0 unspecified atom stereocenters. The second kappa shape index (κ2) is 6.44. The van der Waals surface area contributed by atoms with Gasteiger partial charge >= 0.3 is 5.82 Å². The quantitative estimate of drug-likeness (QED) is 0.492. The molecule has 0 atom stereocenters. The van der Waals surface area contributed by atoms with E-state index in [9.17, 15) is 14.5 Å². The third-order valence-electron chi connectivity index (χ3n) is 2.72. The first-order valence-corrected chi connectivity index (χ1v) is 6.60. The Morgan fingerprint density at radius 2 is 2.00 bits per heavy atom. The van der Waals surface area contributed by atoms with Gasteiger partial charge in [0.2, 0.25) is 5.75 Å². The number of ether oxygens (including phenoxy) is 1. The van der Waals surface area contributed by atoms with Crippen LogP contribution in [0.2, 0.25) is 0 Å². The van der Waals surface area contributed by atoms with Crippen molar-refractivity contribution in [3.8, 4) is 17.0 Å². The van der Waals surface area contributed by atoms with Gasteiger partial charge in [0, 0.05) is 14.1 Å². The fourth-order valence-corrected chi connectivity index (χ4v) is 1.74. The minimum atomic E-state index is -0.696. The van der Waals surface area contributed by atoms with Crippen molar-refractivity contribution >= 4 is 23.2 Å². The molecule has 22 heavy (non-hydrogen) atoms. The van der Waals surface area contributed by atoms with Crippen LogP contribution in [0, 0.1) is 15.9 Å². The number of hydrogen-bond acceptors (Lipinski definition) is 5. The van der Waals surface area contributed by atoms with Crippen molar-refractivity contribution in [2.45, 2.75) is 0 Å². The van der Waals surface area contributed by atoms with Gasteiger partial charge in [-0.05, 0) is 46.4 Å². The Hall–Kier alpha value is -2.61. The zero-order valence-electron chi connectivity index (χ0n) is 11.8. The molecular formula is C14H12FN3O3S. The maximum absolute atomic E-state index is 13.8. The van der Waals surface area contributed by atoms with Crippen LogP contribution in [0.15, 0.2) is 36.4 Å². The maximum Gasteiger partial charge on any atom is 0.407 e. The van der Waals surface area contributed by atoms with E-state index in [-0.39, 0.29) is 22.2 Å². The summed E-state index contributed by atoms with van der Waals surface area (Å²) in [6.45, 7) is 0. The third-order valence-corrected chi connectivity index (χ3v) is 3.17. The highest BCUT2D eigenvalue weighted by molar-refractivity contribution is 7.80. The van der Waals surface area contributed by atoms with E-state index in [4.69, 9.17) is 17.0 Å². The summed E-state index contributed by atoms with van der Waals surface area (Å²) < 4.78 is 19.0. The van der Waals surface area contributed by atoms with E-state index in [0.29, 0.717) is 0 Å². The molecule has 0 bridgehead atoms. The number of thiocarbonyl (C=S) groups is 1. The van der Waals surface area contributed by atoms with Crippen LogP contribution in [0.3, 0.4) is 0 Å². The highest BCUT2D eigenvalue weighted by atomic mass is 32.1. The molecule has 8 heteroatoms. The summed E-state index contributed by atoms with van der Waals surface area (Å²) in [5, 5.41) is 11.2. The molecule has 0 aliphatic rings. The molecule has 0 spiro atoms. The third kappa shape index (κ3) is 3.34. The summed E-state index contributed by atoms with van der Waals surface area (Å²) in [7, 11) is 3.30. The average Bonchev–Trinajstić information content (AvgIpc) is 2.48. The molecule has 0 aliphatic heterocycles. The van der Waals surface area contributed by atoms with Crippen molar-refractivity contribution < 1.29 is 14.1 Å². The van der Waals surface area contributed by atoms with Crippen molar-refractivity contribution in [3.63, 3.8) is 0 Å². The second-order valence-corrected chi connectivity index (χ2v) is 4.87. The molecule has 114 valence electrons. The van der Waals surface area contributed by atoms with E-state index in [1.807, 2.05) is 0 Å². The van der Waals surface area contributed by atoms with Crippen LogP contribution in [0.1, 0.15) is 0 Å². The molecule has 0 fully saturated rings. The summed E-state index contributed by atoms with van der Waals surface area (Å²) in [5.74, 6) is -1.13. The van der Waals surface area contributed by atoms with E-state index in [1.54, 1.807) is 20.2 Å². The summed E-state index contributed by atoms with van der Waals surface area (Å²) in [6.07, 6.45) is 0. The first-order valence-electron chi connectivity index (χ1n) is 6.19. The van der Waals surface area contributed by atoms with Crippen molar-refractivity contribution in [2.75, 3.05) is 14.1 Å². The Kier molecular flexibility index (Phi) is 4.62. The number of pyridine rings is 1. The Balaban J connectivity index is 2.46. The van der Waals surface area contributed by atoms with Crippen LogP contribution >= 0.6 is 12.2 Å². The molecule has 0 amide bonds. The molecule has 2 aromatic rings. The molecule has 2 rings (SSSR count). The van der Waals surface area contributed by atoms with E-state index < -0.39 is 16.6 Å². The fraction of sp³-hybridized carbons (Fsp3) is 0.143. The lowest BCUT2D eigenvalue weighted by Gasteiger charge is -2.13. The van der Waals surface area contributed by atoms with Crippen molar-refractivity contribution in [2.24, 2.45) is 0 Å². The standard InChI is InChI=1S/C14H12FN3O3S/c1-17(2)14(22)21-12-8-7-11(16-13(12)18(19)20)9-5-3-4-6-10(9)15/h3-8H,1-2H3. The molecule has 1 aromatic carbocycles. The van der Waals surface area contributed by atoms with Crippen molar-refractivity contribution in [3.05, 3.63) is 52.3 Å². The number of nitro groups is 1. The van der Waals surface area contributed by atoms with E-state index >= 15 is 0 Å². The minimum Gasteiger partial charge on any atom is -0.423 e. The molecular weight excluding hydrogens is 309 g/mol. The second-order valence-electron chi connectivity index (χ2n) is 4.52. The lowest BCUT2D eigenvalue weighted by Crippen LogP contribution is -2.25. The summed E-state index contributed by atoms with van der Waals surface area (Å²) >= 11 is 4.95. The number of aromatic nitrogens is 1. The number of benzene rings is 1. The smallest absolute Gasteiger partial charge is 0.407 e. The molecule has 0 saturated carbocycles. The first-order chi connectivity index (χ1) is 10.4. The minimum absolute atomic E-state index is 0.0588. The van der Waals surface area contributed by atoms with Gasteiger partial charge in [-0.15, -0.1) is 0 Å². The van der Waals surface area contributed by atoms with Crippen LogP contribution in [0.4, 0.5) is 10.2 Å². The zero-order valence-corrected chi connectivity index (χ0v) is 12.6. The van der Waals surface area contributed by atoms with Gasteiger partial charge in [-0.2, -0.15) is 0 Å². The zero-order chi connectivity index (χ0) is 16.3. The van der Waals surface area contributed by atoms with Crippen LogP contribution < -0.4 is 4.74 Å². The highest BCUT2D eigenvalue weighted by Crippen LogP contribution is 2.30. The van der Waals surface area contributed by atoms with Crippen molar-refractivity contribution in [1.82, 2.24) is 9.88 Å². The van der Waals surface area contributed by atoms with Gasteiger partial charge in [-0.25, -0.2) is 4.39 Å². The molecule has 0 aliphatic carbocycles. The summed E-state index contributed by atoms with van der Waals surface area (Å²) in [6, 6.07) is 8.69. The molecule has 1 heterocycles.